The fourth-order valence-electron chi connectivity index (χ4n) is 3.67. The number of H-pyrrole nitrogens is 1. The minimum atomic E-state index is -0.960. The quantitative estimate of drug-likeness (QED) is 0.313. The molecule has 1 aliphatic heterocycles. The van der Waals surface area contributed by atoms with Gasteiger partial charge in [-0.15, -0.1) is 0 Å². The summed E-state index contributed by atoms with van der Waals surface area (Å²) < 4.78 is 1.32. The number of nitro benzene ring substituents is 2. The third kappa shape index (κ3) is 2.85. The highest BCUT2D eigenvalue weighted by atomic mass is 16.6. The predicted molar refractivity (Wildman–Crippen MR) is 108 cm³/mol. The minimum absolute atomic E-state index is 0.0683. The number of nitro groups is 2. The molecule has 0 radical (unpaired) electrons. The molecule has 0 amide bonds. The molecule has 2 N–H and O–H groups in total. The van der Waals surface area contributed by atoms with Crippen molar-refractivity contribution in [3.63, 3.8) is 0 Å². The van der Waals surface area contributed by atoms with Crippen LogP contribution >= 0.6 is 0 Å². The number of non-ortho nitro benzene ring substituents is 1. The number of nitrogens with one attached hydrogen (secondary N) is 2. The summed E-state index contributed by atoms with van der Waals surface area (Å²) in [5, 5.41) is 43.5. The highest BCUT2D eigenvalue weighted by molar-refractivity contribution is 5.76. The molecule has 4 aromatic rings. The maximum Gasteiger partial charge on any atom is 0.288 e. The van der Waals surface area contributed by atoms with Gasteiger partial charge in [0.25, 0.3) is 16.9 Å². The zero-order valence-electron chi connectivity index (χ0n) is 15.9. The Labute approximate surface area is 176 Å². The maximum absolute atomic E-state index is 12.6. The Morgan fingerprint density at radius 2 is 1.75 bits per heavy atom. The first-order valence-electron chi connectivity index (χ1n) is 9.11. The van der Waals surface area contributed by atoms with Gasteiger partial charge < -0.3 is 5.32 Å². The number of aromatic nitrogens is 6. The van der Waals surface area contributed by atoms with Gasteiger partial charge in [-0.05, 0) is 28.6 Å². The topological polar surface area (TPSA) is 188 Å². The molecular formula is C18H11N9O5. The molecule has 5 rings (SSSR count). The smallest absolute Gasteiger partial charge is 0.288 e. The van der Waals surface area contributed by atoms with Gasteiger partial charge in [-0.3, -0.25) is 25.0 Å². The molecule has 2 aromatic heterocycles. The normalized spacial score (nSPS) is 14.2. The van der Waals surface area contributed by atoms with Crippen molar-refractivity contribution in [2.24, 2.45) is 0 Å². The monoisotopic (exact) mass is 433 g/mol. The van der Waals surface area contributed by atoms with E-state index in [4.69, 9.17) is 0 Å². The first-order chi connectivity index (χ1) is 15.5. The van der Waals surface area contributed by atoms with Gasteiger partial charge in [0.1, 0.15) is 11.7 Å². The van der Waals surface area contributed by atoms with E-state index in [1.54, 1.807) is 12.1 Å². The van der Waals surface area contributed by atoms with Crippen LogP contribution in [0.3, 0.4) is 0 Å². The second-order valence-corrected chi connectivity index (χ2v) is 6.78. The highest BCUT2D eigenvalue weighted by Gasteiger charge is 2.37. The Hall–Kier alpha value is -5.01. The lowest BCUT2D eigenvalue weighted by atomic mass is 9.91. The van der Waals surface area contributed by atoms with Gasteiger partial charge in [0.2, 0.25) is 5.95 Å². The lowest BCUT2D eigenvalue weighted by molar-refractivity contribution is -0.385. The Kier molecular flexibility index (Phi) is 4.18. The number of benzene rings is 2. The van der Waals surface area contributed by atoms with Gasteiger partial charge in [0, 0.05) is 29.3 Å². The van der Waals surface area contributed by atoms with Gasteiger partial charge in [0.05, 0.1) is 21.1 Å². The van der Waals surface area contributed by atoms with Gasteiger partial charge in [-0.1, -0.05) is 17.2 Å². The van der Waals surface area contributed by atoms with E-state index >= 15 is 0 Å². The molecule has 0 fully saturated rings. The van der Waals surface area contributed by atoms with Crippen molar-refractivity contribution in [2.45, 2.75) is 6.04 Å². The van der Waals surface area contributed by atoms with Crippen molar-refractivity contribution in [3.05, 3.63) is 90.2 Å². The molecule has 1 unspecified atom stereocenters. The second-order valence-electron chi connectivity index (χ2n) is 6.78. The van der Waals surface area contributed by atoms with Gasteiger partial charge >= 0.3 is 0 Å². The van der Waals surface area contributed by atoms with Crippen molar-refractivity contribution in [1.82, 2.24) is 30.4 Å². The van der Waals surface area contributed by atoms with Crippen molar-refractivity contribution >= 4 is 23.0 Å². The summed E-state index contributed by atoms with van der Waals surface area (Å²) in [5.74, 6) is 0.118. The highest BCUT2D eigenvalue weighted by Crippen LogP contribution is 2.43. The number of anilines is 2. The molecule has 1 atom stereocenters. The Morgan fingerprint density at radius 3 is 2.47 bits per heavy atom. The van der Waals surface area contributed by atoms with E-state index in [1.807, 2.05) is 0 Å². The SMILES string of the molecule is O=c1[nH]nc(-c2ccc([N+](=O)[O-])cc2)c2c1Nc1nnnn1C2c1ccccc1[N+](=O)[O-]. The van der Waals surface area contributed by atoms with Crippen LogP contribution in [-0.2, 0) is 0 Å². The molecule has 0 saturated carbocycles. The zero-order chi connectivity index (χ0) is 22.4. The lowest BCUT2D eigenvalue weighted by Gasteiger charge is -2.27. The Bertz CT molecular complexity index is 1440. The molecule has 0 aliphatic carbocycles. The van der Waals surface area contributed by atoms with Crippen LogP contribution in [-0.4, -0.2) is 40.3 Å². The van der Waals surface area contributed by atoms with E-state index in [-0.39, 0.29) is 39.8 Å². The number of para-hydroxylation sites is 1. The second kappa shape index (κ2) is 7.05. The van der Waals surface area contributed by atoms with Gasteiger partial charge in [0.15, 0.2) is 0 Å². The fourth-order valence-corrected chi connectivity index (χ4v) is 3.67. The summed E-state index contributed by atoms with van der Waals surface area (Å²) in [6, 6.07) is 10.6. The summed E-state index contributed by atoms with van der Waals surface area (Å²) >= 11 is 0. The van der Waals surface area contributed by atoms with Crippen LogP contribution in [0.25, 0.3) is 11.3 Å². The number of hydrogen-bond acceptors (Lipinski definition) is 10. The molecule has 0 spiro atoms. The summed E-state index contributed by atoms with van der Waals surface area (Å²) in [6.45, 7) is 0. The molecule has 1 aliphatic rings. The van der Waals surface area contributed by atoms with Crippen LogP contribution in [0.4, 0.5) is 23.0 Å². The third-order valence-electron chi connectivity index (χ3n) is 5.05. The Balaban J connectivity index is 1.81. The minimum Gasteiger partial charge on any atom is -0.318 e. The first-order valence-corrected chi connectivity index (χ1v) is 9.11. The molecule has 3 heterocycles. The molecule has 14 nitrogen and oxygen atoms in total. The van der Waals surface area contributed by atoms with Crippen LogP contribution < -0.4 is 10.9 Å². The summed E-state index contributed by atoms with van der Waals surface area (Å²) in [7, 11) is 0. The van der Waals surface area contributed by atoms with Crippen LogP contribution in [0, 0.1) is 20.2 Å². The maximum atomic E-state index is 12.6. The van der Waals surface area contributed by atoms with Crippen LogP contribution in [0.5, 0.6) is 0 Å². The first kappa shape index (κ1) is 19.0. The van der Waals surface area contributed by atoms with Gasteiger partial charge in [-0.25, -0.2) is 5.10 Å². The van der Waals surface area contributed by atoms with Crippen molar-refractivity contribution < 1.29 is 9.85 Å². The zero-order valence-corrected chi connectivity index (χ0v) is 15.9. The Morgan fingerprint density at radius 1 is 1.00 bits per heavy atom. The van der Waals surface area contributed by atoms with Crippen molar-refractivity contribution in [2.75, 3.05) is 5.32 Å². The van der Waals surface area contributed by atoms with E-state index in [2.05, 4.69) is 31.0 Å². The van der Waals surface area contributed by atoms with E-state index < -0.39 is 21.4 Å². The fraction of sp³-hybridized carbons (Fsp3) is 0.0556. The summed E-state index contributed by atoms with van der Waals surface area (Å²) in [6.07, 6.45) is 0. The van der Waals surface area contributed by atoms with E-state index in [0.29, 0.717) is 5.56 Å². The number of aromatic amines is 1. The largest absolute Gasteiger partial charge is 0.318 e. The van der Waals surface area contributed by atoms with E-state index in [1.165, 1.54) is 41.1 Å². The lowest BCUT2D eigenvalue weighted by Crippen LogP contribution is -2.29. The average Bonchev–Trinajstić information content (AvgIpc) is 3.26. The molecule has 32 heavy (non-hydrogen) atoms. The predicted octanol–water partition coefficient (Wildman–Crippen LogP) is 1.93. The average molecular weight is 433 g/mol. The van der Waals surface area contributed by atoms with Crippen LogP contribution in [0.2, 0.25) is 0 Å². The summed E-state index contributed by atoms with van der Waals surface area (Å²) in [5.41, 5.74) is 0.407. The molecule has 2 aromatic carbocycles. The standard InChI is InChI=1S/C18H11N9O5/c28-17-15-13(14(20-21-17)9-5-7-10(8-6-9)26(29)30)16(25-18(19-15)22-23-24-25)11-3-1-2-4-12(11)27(31)32/h1-8,16H,(H,21,28)(H,19,22,24). The van der Waals surface area contributed by atoms with E-state index in [9.17, 15) is 25.0 Å². The number of fused-ring (bicyclic) bond motifs is 2. The number of hydrogen-bond donors (Lipinski definition) is 2. The molecule has 158 valence electrons. The summed E-state index contributed by atoms with van der Waals surface area (Å²) in [4.78, 5) is 34.3. The number of tetrazole rings is 1. The van der Waals surface area contributed by atoms with Gasteiger partial charge in [-0.2, -0.15) is 9.78 Å². The van der Waals surface area contributed by atoms with E-state index in [0.717, 1.165) is 0 Å². The molecule has 0 bridgehead atoms. The number of rotatable bonds is 4. The molecular weight excluding hydrogens is 422 g/mol. The third-order valence-corrected chi connectivity index (χ3v) is 5.05. The molecule has 14 heteroatoms. The van der Waals surface area contributed by atoms with Crippen molar-refractivity contribution in [1.29, 1.82) is 0 Å². The van der Waals surface area contributed by atoms with Crippen molar-refractivity contribution in [3.8, 4) is 11.3 Å². The number of nitrogens with zero attached hydrogens (tertiary/aromatic N) is 7. The molecule has 0 saturated heterocycles. The van der Waals surface area contributed by atoms with Crippen LogP contribution in [0.15, 0.2) is 53.3 Å². The van der Waals surface area contributed by atoms with Crippen LogP contribution in [0.1, 0.15) is 17.2 Å².